The number of hydrogen-bond acceptors (Lipinski definition) is 7. The number of rotatable bonds is 7. The van der Waals surface area contributed by atoms with Gasteiger partial charge in [-0.2, -0.15) is 4.39 Å². The van der Waals surface area contributed by atoms with Crippen LogP contribution in [0, 0.1) is 5.95 Å². The number of amides is 1. The monoisotopic (exact) mass is 502 g/mol. The van der Waals surface area contributed by atoms with Gasteiger partial charge in [-0.1, -0.05) is 12.1 Å². The summed E-state index contributed by atoms with van der Waals surface area (Å²) in [6, 6.07) is 17.6. The van der Waals surface area contributed by atoms with E-state index in [0.717, 1.165) is 22.3 Å². The average Bonchev–Trinajstić information content (AvgIpc) is 3.21. The molecule has 0 bridgehead atoms. The number of hydrogen-bond donors (Lipinski definition) is 2. The van der Waals surface area contributed by atoms with Gasteiger partial charge in [0.25, 0.3) is 5.91 Å². The highest BCUT2D eigenvalue weighted by molar-refractivity contribution is 5.92. The molecule has 0 radical (unpaired) electrons. The van der Waals surface area contributed by atoms with Crippen LogP contribution in [0.25, 0.3) is 22.2 Å². The van der Waals surface area contributed by atoms with Gasteiger partial charge in [-0.05, 0) is 35.4 Å². The number of carbonyl (C=O) groups is 1. The van der Waals surface area contributed by atoms with Crippen molar-refractivity contribution in [3.8, 4) is 28.4 Å². The number of imidazole rings is 1. The van der Waals surface area contributed by atoms with E-state index in [1.807, 2.05) is 41.9 Å². The molecule has 0 spiro atoms. The van der Waals surface area contributed by atoms with Crippen LogP contribution in [0.3, 0.4) is 0 Å². The van der Waals surface area contributed by atoms with E-state index in [4.69, 9.17) is 14.5 Å². The van der Waals surface area contributed by atoms with E-state index in [1.165, 1.54) is 25.5 Å². The first-order chi connectivity index (χ1) is 17.9. The Hall–Kier alpha value is -4.99. The van der Waals surface area contributed by atoms with Crippen molar-refractivity contribution < 1.29 is 21.5 Å². The first-order valence-corrected chi connectivity index (χ1v) is 11.3. The number of methoxy groups -OCH3 is 1. The Bertz CT molecular complexity index is 1630. The summed E-state index contributed by atoms with van der Waals surface area (Å²) in [5, 5.41) is 5.87. The number of aryl methyl sites for hydroxylation is 1. The molecule has 37 heavy (non-hydrogen) atoms. The number of carbonyl (C=O) groups excluding carboxylic acids is 1. The smallest absolute Gasteiger partial charge is 0.269 e. The lowest BCUT2D eigenvalue weighted by Crippen LogP contribution is -2.18. The highest BCUT2D eigenvalue weighted by atomic mass is 19.1. The molecule has 0 saturated heterocycles. The summed E-state index contributed by atoms with van der Waals surface area (Å²) in [5.41, 5.74) is 4.09. The minimum Gasteiger partial charge on any atom is -0.493 e. The largest absolute Gasteiger partial charge is 0.493 e. The lowest BCUT2D eigenvalue weighted by Gasteiger charge is -2.11. The van der Waals surface area contributed by atoms with E-state index in [9.17, 15) is 9.18 Å². The standard InChI is InChI=1S/C27H23FN6O3.2H2/c1-29-26(35)21-13-19(8-10-30-21)37-24-14-20-22(15-23(24)36-3)34(2)27(33-20)32-18-6-4-5-16(11-18)17-7-9-31-25(28)12-17;;/h4-15H,1-3H3,(H,29,35)(H,32,33);2*1H. The lowest BCUT2D eigenvalue weighted by molar-refractivity contribution is 0.0958. The number of aromatic nitrogens is 4. The number of nitrogens with one attached hydrogen (secondary N) is 2. The zero-order valence-electron chi connectivity index (χ0n) is 20.3. The molecule has 0 fully saturated rings. The zero-order valence-corrected chi connectivity index (χ0v) is 20.3. The van der Waals surface area contributed by atoms with Gasteiger partial charge >= 0.3 is 0 Å². The fraction of sp³-hybridized carbons (Fsp3) is 0.111. The molecule has 0 aliphatic heterocycles. The van der Waals surface area contributed by atoms with Crippen LogP contribution >= 0.6 is 0 Å². The molecular weight excluding hydrogens is 475 g/mol. The second-order valence-electron chi connectivity index (χ2n) is 8.12. The van der Waals surface area contributed by atoms with E-state index >= 15 is 0 Å². The molecule has 5 rings (SSSR count). The molecule has 2 aromatic carbocycles. The number of benzene rings is 2. The van der Waals surface area contributed by atoms with Gasteiger partial charge in [0.05, 0.1) is 18.1 Å². The van der Waals surface area contributed by atoms with Crippen LogP contribution in [0.15, 0.2) is 73.1 Å². The van der Waals surface area contributed by atoms with Crippen molar-refractivity contribution in [3.63, 3.8) is 0 Å². The van der Waals surface area contributed by atoms with Gasteiger partial charge in [-0.25, -0.2) is 9.97 Å². The Kier molecular flexibility index (Phi) is 6.38. The summed E-state index contributed by atoms with van der Waals surface area (Å²) in [6.45, 7) is 0. The van der Waals surface area contributed by atoms with Crippen molar-refractivity contribution in [1.82, 2.24) is 24.8 Å². The van der Waals surface area contributed by atoms with E-state index in [0.29, 0.717) is 28.7 Å². The van der Waals surface area contributed by atoms with E-state index < -0.39 is 5.95 Å². The number of pyridine rings is 2. The van der Waals surface area contributed by atoms with Crippen molar-refractivity contribution in [1.29, 1.82) is 0 Å². The molecule has 2 N–H and O–H groups in total. The molecule has 9 nitrogen and oxygen atoms in total. The van der Waals surface area contributed by atoms with Crippen LogP contribution in [0.2, 0.25) is 0 Å². The van der Waals surface area contributed by atoms with E-state index in [1.54, 1.807) is 31.4 Å². The van der Waals surface area contributed by atoms with Crippen LogP contribution in [0.5, 0.6) is 17.2 Å². The topological polar surface area (TPSA) is 103 Å². The second-order valence-corrected chi connectivity index (χ2v) is 8.12. The Labute approximate surface area is 214 Å². The SMILES string of the molecule is CNC(=O)c1cc(Oc2cc3nc(Nc4cccc(-c5ccnc(F)c5)c4)n(C)c3cc2OC)ccn1.[HH].[HH]. The van der Waals surface area contributed by atoms with Crippen molar-refractivity contribution in [2.75, 3.05) is 19.5 Å². The summed E-state index contributed by atoms with van der Waals surface area (Å²) in [7, 11) is 4.98. The number of halogens is 1. The van der Waals surface area contributed by atoms with Gasteiger partial charge in [0.2, 0.25) is 11.9 Å². The third-order valence-corrected chi connectivity index (χ3v) is 5.76. The van der Waals surface area contributed by atoms with Gasteiger partial charge in [-0.15, -0.1) is 0 Å². The Balaban J connectivity index is 0.00000210. The van der Waals surface area contributed by atoms with Gasteiger partial charge in [0.15, 0.2) is 11.5 Å². The zero-order chi connectivity index (χ0) is 25.9. The Morgan fingerprint density at radius 2 is 1.81 bits per heavy atom. The number of nitrogens with zero attached hydrogens (tertiary/aromatic N) is 4. The maximum absolute atomic E-state index is 13.6. The van der Waals surface area contributed by atoms with Crippen molar-refractivity contribution in [3.05, 3.63) is 84.7 Å². The van der Waals surface area contributed by atoms with Gasteiger partial charge < -0.3 is 24.7 Å². The molecule has 1 amide bonds. The maximum atomic E-state index is 13.6. The third-order valence-electron chi connectivity index (χ3n) is 5.76. The first-order valence-electron chi connectivity index (χ1n) is 11.3. The molecule has 0 aliphatic rings. The third kappa shape index (κ3) is 4.90. The summed E-state index contributed by atoms with van der Waals surface area (Å²) < 4.78 is 27.1. The molecule has 190 valence electrons. The summed E-state index contributed by atoms with van der Waals surface area (Å²) in [4.78, 5) is 24.3. The number of fused-ring (bicyclic) bond motifs is 1. The summed E-state index contributed by atoms with van der Waals surface area (Å²) in [5.74, 6) is 1.13. The maximum Gasteiger partial charge on any atom is 0.269 e. The van der Waals surface area contributed by atoms with Crippen molar-refractivity contribution in [2.24, 2.45) is 7.05 Å². The van der Waals surface area contributed by atoms with Crippen LogP contribution in [-0.2, 0) is 7.05 Å². The first kappa shape index (κ1) is 23.7. The molecule has 3 aromatic heterocycles. The van der Waals surface area contributed by atoms with E-state index in [2.05, 4.69) is 20.6 Å². The minimum absolute atomic E-state index is 0. The molecule has 10 heteroatoms. The molecule has 3 heterocycles. The summed E-state index contributed by atoms with van der Waals surface area (Å²) >= 11 is 0. The van der Waals surface area contributed by atoms with E-state index in [-0.39, 0.29) is 14.5 Å². The average molecular weight is 503 g/mol. The minimum atomic E-state index is -0.533. The van der Waals surface area contributed by atoms with Crippen molar-refractivity contribution >= 4 is 28.6 Å². The molecular formula is C27H27FN6O3. The number of anilines is 2. The van der Waals surface area contributed by atoms with Crippen LogP contribution in [-0.4, -0.2) is 39.6 Å². The normalized spacial score (nSPS) is 10.8. The Morgan fingerprint density at radius 3 is 2.59 bits per heavy atom. The molecule has 0 saturated carbocycles. The van der Waals surface area contributed by atoms with Crippen LogP contribution < -0.4 is 20.1 Å². The lowest BCUT2D eigenvalue weighted by atomic mass is 10.1. The molecule has 0 unspecified atom stereocenters. The molecule has 0 atom stereocenters. The fourth-order valence-corrected chi connectivity index (χ4v) is 3.89. The number of ether oxygens (including phenoxy) is 2. The van der Waals surface area contributed by atoms with Crippen LogP contribution in [0.1, 0.15) is 13.3 Å². The van der Waals surface area contributed by atoms with Crippen LogP contribution in [0.4, 0.5) is 16.0 Å². The molecule has 0 aliphatic carbocycles. The predicted octanol–water partition coefficient (Wildman–Crippen LogP) is 5.57. The fourth-order valence-electron chi connectivity index (χ4n) is 3.89. The van der Waals surface area contributed by atoms with Crippen molar-refractivity contribution in [2.45, 2.75) is 0 Å². The second kappa shape index (κ2) is 9.94. The van der Waals surface area contributed by atoms with Gasteiger partial charge in [-0.3, -0.25) is 9.78 Å². The predicted molar refractivity (Wildman–Crippen MR) is 142 cm³/mol. The Morgan fingerprint density at radius 1 is 1.00 bits per heavy atom. The van der Waals surface area contributed by atoms with Gasteiger partial charge in [0, 0.05) is 59.3 Å². The highest BCUT2D eigenvalue weighted by Gasteiger charge is 2.16. The van der Waals surface area contributed by atoms with Gasteiger partial charge in [0.1, 0.15) is 11.4 Å². The quantitative estimate of drug-likeness (QED) is 0.281. The highest BCUT2D eigenvalue weighted by Crippen LogP contribution is 2.36. The molecule has 5 aromatic rings. The summed E-state index contributed by atoms with van der Waals surface area (Å²) in [6.07, 6.45) is 2.94.